The van der Waals surface area contributed by atoms with E-state index in [0.29, 0.717) is 0 Å². The van der Waals surface area contributed by atoms with Crippen LogP contribution in [0.2, 0.25) is 5.02 Å². The van der Waals surface area contributed by atoms with Crippen LogP contribution in [0.25, 0.3) is 10.2 Å². The summed E-state index contributed by atoms with van der Waals surface area (Å²) in [5.74, 6) is 0.788. The van der Waals surface area contributed by atoms with Crippen molar-refractivity contribution in [3.8, 4) is 0 Å². The number of halogens is 1. The fourth-order valence-electron chi connectivity index (χ4n) is 2.78. The van der Waals surface area contributed by atoms with Crippen molar-refractivity contribution in [1.29, 1.82) is 0 Å². The van der Waals surface area contributed by atoms with Crippen molar-refractivity contribution in [3.63, 3.8) is 0 Å². The highest BCUT2D eigenvalue weighted by atomic mass is 35.5. The van der Waals surface area contributed by atoms with Crippen LogP contribution < -0.4 is 0 Å². The number of aromatic nitrogens is 1. The van der Waals surface area contributed by atoms with Gasteiger partial charge < -0.3 is 4.57 Å². The number of thiazole rings is 1. The van der Waals surface area contributed by atoms with Crippen LogP contribution in [0, 0.1) is 9.87 Å². The molecule has 2 heterocycles. The number of benzene rings is 1. The molecule has 1 aliphatic heterocycles. The summed E-state index contributed by atoms with van der Waals surface area (Å²) in [5.41, 5.74) is 1.17. The standard InChI is InChI=1S/C14H17ClN2S2/c1-10-3-2-6-16(8-10)9-17-12-7-11(15)4-5-13(12)19-14(17)18/h4-5,7,10H,2-3,6,8-9H2,1H3. The summed E-state index contributed by atoms with van der Waals surface area (Å²) in [4.78, 5) is 2.50. The molecular formula is C14H17ClN2S2. The van der Waals surface area contributed by atoms with E-state index < -0.39 is 0 Å². The highest BCUT2D eigenvalue weighted by Crippen LogP contribution is 2.27. The Hall–Kier alpha value is -0.420. The van der Waals surface area contributed by atoms with Gasteiger partial charge in [0, 0.05) is 11.6 Å². The molecule has 2 nitrogen and oxygen atoms in total. The van der Waals surface area contributed by atoms with Crippen LogP contribution in [-0.4, -0.2) is 22.6 Å². The first-order valence-electron chi connectivity index (χ1n) is 6.65. The Labute approximate surface area is 127 Å². The average Bonchev–Trinajstić information content (AvgIpc) is 2.66. The summed E-state index contributed by atoms with van der Waals surface area (Å²) < 4.78 is 4.38. The Morgan fingerprint density at radius 3 is 3.11 bits per heavy atom. The third-order valence-corrected chi connectivity index (χ3v) is 5.38. The van der Waals surface area contributed by atoms with Gasteiger partial charge in [-0.1, -0.05) is 18.5 Å². The second-order valence-corrected chi connectivity index (χ2v) is 7.49. The van der Waals surface area contributed by atoms with Crippen LogP contribution in [0.3, 0.4) is 0 Å². The maximum Gasteiger partial charge on any atom is 0.163 e. The van der Waals surface area contributed by atoms with Gasteiger partial charge in [0.15, 0.2) is 3.95 Å². The van der Waals surface area contributed by atoms with Crippen molar-refractivity contribution >= 4 is 45.4 Å². The van der Waals surface area contributed by atoms with Gasteiger partial charge in [-0.3, -0.25) is 4.90 Å². The van der Waals surface area contributed by atoms with E-state index in [1.54, 1.807) is 11.3 Å². The fraction of sp³-hybridized carbons (Fsp3) is 0.500. The largest absolute Gasteiger partial charge is 0.309 e. The maximum atomic E-state index is 6.11. The number of fused-ring (bicyclic) bond motifs is 1. The van der Waals surface area contributed by atoms with Crippen molar-refractivity contribution in [2.24, 2.45) is 5.92 Å². The Balaban J connectivity index is 1.93. The molecule has 0 saturated carbocycles. The molecule has 1 saturated heterocycles. The summed E-state index contributed by atoms with van der Waals surface area (Å²) >= 11 is 13.3. The molecule has 2 aromatic rings. The first-order chi connectivity index (χ1) is 9.13. The van der Waals surface area contributed by atoms with Crippen LogP contribution >= 0.6 is 35.2 Å². The van der Waals surface area contributed by atoms with E-state index in [9.17, 15) is 0 Å². The van der Waals surface area contributed by atoms with Crippen molar-refractivity contribution < 1.29 is 0 Å². The minimum absolute atomic E-state index is 0.779. The van der Waals surface area contributed by atoms with E-state index in [-0.39, 0.29) is 0 Å². The second-order valence-electron chi connectivity index (χ2n) is 5.37. The minimum atomic E-state index is 0.779. The van der Waals surface area contributed by atoms with Gasteiger partial charge in [-0.05, 0) is 55.7 Å². The van der Waals surface area contributed by atoms with Crippen molar-refractivity contribution in [2.45, 2.75) is 26.4 Å². The fourth-order valence-corrected chi connectivity index (χ4v) is 4.24. The van der Waals surface area contributed by atoms with Gasteiger partial charge in [0.2, 0.25) is 0 Å². The van der Waals surface area contributed by atoms with E-state index >= 15 is 0 Å². The lowest BCUT2D eigenvalue weighted by Crippen LogP contribution is -2.35. The zero-order valence-electron chi connectivity index (χ0n) is 10.9. The number of nitrogens with zero attached hydrogens (tertiary/aromatic N) is 2. The Bertz CT molecular complexity index is 646. The van der Waals surface area contributed by atoms with Gasteiger partial charge in [0.05, 0.1) is 16.9 Å². The second kappa shape index (κ2) is 5.52. The molecule has 19 heavy (non-hydrogen) atoms. The Morgan fingerprint density at radius 2 is 2.32 bits per heavy atom. The Kier molecular flexibility index (Phi) is 3.94. The molecule has 0 radical (unpaired) electrons. The lowest BCUT2D eigenvalue weighted by molar-refractivity contribution is 0.148. The van der Waals surface area contributed by atoms with Crippen LogP contribution in [0.4, 0.5) is 0 Å². The summed E-state index contributed by atoms with van der Waals surface area (Å²) in [6.07, 6.45) is 2.63. The van der Waals surface area contributed by atoms with Crippen LogP contribution in [0.5, 0.6) is 0 Å². The van der Waals surface area contributed by atoms with Gasteiger partial charge in [-0.15, -0.1) is 11.3 Å². The van der Waals surface area contributed by atoms with Crippen molar-refractivity contribution in [2.75, 3.05) is 13.1 Å². The quantitative estimate of drug-likeness (QED) is 0.738. The summed E-state index contributed by atoms with van der Waals surface area (Å²) in [6, 6.07) is 6.02. The van der Waals surface area contributed by atoms with Crippen LogP contribution in [-0.2, 0) is 6.67 Å². The SMILES string of the molecule is CC1CCCN(Cn2c(=S)sc3ccc(Cl)cc32)C1. The first-order valence-corrected chi connectivity index (χ1v) is 8.25. The Morgan fingerprint density at radius 1 is 1.47 bits per heavy atom. The van der Waals surface area contributed by atoms with E-state index in [1.807, 2.05) is 12.1 Å². The molecule has 5 heteroatoms. The van der Waals surface area contributed by atoms with Gasteiger partial charge in [0.25, 0.3) is 0 Å². The molecule has 1 fully saturated rings. The molecule has 0 N–H and O–H groups in total. The molecule has 1 atom stereocenters. The van der Waals surface area contributed by atoms with Gasteiger partial charge in [-0.25, -0.2) is 0 Å². The normalized spacial score (nSPS) is 21.1. The van der Waals surface area contributed by atoms with Crippen LogP contribution in [0.15, 0.2) is 18.2 Å². The topological polar surface area (TPSA) is 8.17 Å². The third-order valence-electron chi connectivity index (χ3n) is 3.71. The maximum absolute atomic E-state index is 6.11. The van der Waals surface area contributed by atoms with Crippen molar-refractivity contribution in [3.05, 3.63) is 27.2 Å². The van der Waals surface area contributed by atoms with E-state index in [1.165, 1.54) is 36.1 Å². The summed E-state index contributed by atoms with van der Waals surface area (Å²) in [5, 5.41) is 0.779. The molecule has 1 unspecified atom stereocenters. The predicted octanol–water partition coefficient (Wildman–Crippen LogP) is 4.78. The molecule has 1 aromatic heterocycles. The monoisotopic (exact) mass is 312 g/mol. The summed E-state index contributed by atoms with van der Waals surface area (Å²) in [6.45, 7) is 5.56. The predicted molar refractivity (Wildman–Crippen MR) is 85.6 cm³/mol. The number of piperidine rings is 1. The summed E-state index contributed by atoms with van der Waals surface area (Å²) in [7, 11) is 0. The molecule has 0 aliphatic carbocycles. The molecule has 102 valence electrons. The smallest absolute Gasteiger partial charge is 0.163 e. The van der Waals surface area contributed by atoms with Gasteiger partial charge in [0.1, 0.15) is 0 Å². The third kappa shape index (κ3) is 2.87. The van der Waals surface area contributed by atoms with Crippen molar-refractivity contribution in [1.82, 2.24) is 9.47 Å². The molecular weight excluding hydrogens is 296 g/mol. The molecule has 0 bridgehead atoms. The lowest BCUT2D eigenvalue weighted by Gasteiger charge is -2.31. The average molecular weight is 313 g/mol. The number of hydrogen-bond donors (Lipinski definition) is 0. The van der Waals surface area contributed by atoms with Crippen LogP contribution in [0.1, 0.15) is 19.8 Å². The molecule has 1 aromatic carbocycles. The molecule has 0 amide bonds. The van der Waals surface area contributed by atoms with Gasteiger partial charge in [-0.2, -0.15) is 0 Å². The van der Waals surface area contributed by atoms with E-state index in [4.69, 9.17) is 23.8 Å². The molecule has 0 spiro atoms. The number of likely N-dealkylation sites (tertiary alicyclic amines) is 1. The van der Waals surface area contributed by atoms with Gasteiger partial charge >= 0.3 is 0 Å². The van der Waals surface area contributed by atoms with E-state index in [2.05, 4.69) is 22.5 Å². The number of hydrogen-bond acceptors (Lipinski definition) is 3. The first kappa shape index (κ1) is 13.6. The molecule has 3 rings (SSSR count). The van der Waals surface area contributed by atoms with E-state index in [0.717, 1.165) is 21.6 Å². The zero-order valence-corrected chi connectivity index (χ0v) is 13.3. The highest BCUT2D eigenvalue weighted by Gasteiger charge is 2.17. The minimum Gasteiger partial charge on any atom is -0.309 e. The highest BCUT2D eigenvalue weighted by molar-refractivity contribution is 7.73. The zero-order chi connectivity index (χ0) is 13.4. The lowest BCUT2D eigenvalue weighted by atomic mass is 10.0. The molecule has 1 aliphatic rings. The number of rotatable bonds is 2.